The van der Waals surface area contributed by atoms with Crippen LogP contribution in [0.15, 0.2) is 54.6 Å². The lowest BCUT2D eigenvalue weighted by atomic mass is 10.1. The summed E-state index contributed by atoms with van der Waals surface area (Å²) >= 11 is 0. The van der Waals surface area contributed by atoms with E-state index in [2.05, 4.69) is 27.7 Å². The predicted molar refractivity (Wildman–Crippen MR) is 99.5 cm³/mol. The number of hydrogen-bond donors (Lipinski definition) is 3. The van der Waals surface area contributed by atoms with Gasteiger partial charge in [0, 0.05) is 37.9 Å². The number of carbonyl (C=O) groups is 2. The van der Waals surface area contributed by atoms with E-state index in [1.165, 1.54) is 0 Å². The number of nitrogens with two attached hydrogens (primary N) is 1. The Morgan fingerprint density at radius 2 is 1.68 bits per heavy atom. The number of anilines is 1. The van der Waals surface area contributed by atoms with Crippen LogP contribution < -0.4 is 21.3 Å². The van der Waals surface area contributed by atoms with Crippen molar-refractivity contribution in [2.45, 2.75) is 13.0 Å². The minimum absolute atomic E-state index is 0.100. The van der Waals surface area contributed by atoms with Crippen LogP contribution in [0.2, 0.25) is 0 Å². The Kier molecular flexibility index (Phi) is 6.83. The lowest BCUT2D eigenvalue weighted by molar-refractivity contribution is 0.0953. The van der Waals surface area contributed by atoms with E-state index in [1.807, 2.05) is 25.2 Å². The van der Waals surface area contributed by atoms with Gasteiger partial charge in [0.05, 0.1) is 0 Å². The van der Waals surface area contributed by atoms with E-state index in [9.17, 15) is 9.59 Å². The van der Waals surface area contributed by atoms with Gasteiger partial charge in [0.1, 0.15) is 0 Å². The van der Waals surface area contributed by atoms with E-state index in [4.69, 9.17) is 5.73 Å². The maximum absolute atomic E-state index is 12.1. The van der Waals surface area contributed by atoms with Crippen molar-refractivity contribution in [3.8, 4) is 0 Å². The van der Waals surface area contributed by atoms with Crippen molar-refractivity contribution in [2.24, 2.45) is 5.73 Å². The van der Waals surface area contributed by atoms with Crippen LogP contribution in [0, 0.1) is 0 Å². The summed E-state index contributed by atoms with van der Waals surface area (Å²) in [7, 11) is 2.04. The number of benzene rings is 2. The number of rotatable bonds is 8. The van der Waals surface area contributed by atoms with Crippen molar-refractivity contribution < 1.29 is 9.59 Å². The largest absolute Gasteiger partial charge is 0.375 e. The summed E-state index contributed by atoms with van der Waals surface area (Å²) in [6, 6.07) is 16.6. The summed E-state index contributed by atoms with van der Waals surface area (Å²) in [5.41, 5.74) is 7.67. The van der Waals surface area contributed by atoms with Gasteiger partial charge < -0.3 is 21.3 Å². The minimum atomic E-state index is -0.567. The third-order valence-corrected chi connectivity index (χ3v) is 3.84. The SMILES string of the molecule is CN(CCCNC(=O)c1ccc(CNC(N)=O)cc1)c1ccccc1. The molecule has 0 spiro atoms. The number of amides is 3. The summed E-state index contributed by atoms with van der Waals surface area (Å²) in [4.78, 5) is 25.0. The second kappa shape index (κ2) is 9.32. The molecule has 132 valence electrons. The Labute approximate surface area is 148 Å². The van der Waals surface area contributed by atoms with Crippen LogP contribution in [-0.4, -0.2) is 32.1 Å². The monoisotopic (exact) mass is 340 g/mol. The maximum atomic E-state index is 12.1. The van der Waals surface area contributed by atoms with E-state index >= 15 is 0 Å². The average Bonchev–Trinajstić information content (AvgIpc) is 2.64. The van der Waals surface area contributed by atoms with Gasteiger partial charge >= 0.3 is 6.03 Å². The number of urea groups is 1. The molecule has 2 rings (SSSR count). The number of hydrogen-bond acceptors (Lipinski definition) is 3. The Balaban J connectivity index is 1.72. The topological polar surface area (TPSA) is 87.5 Å². The number of nitrogens with zero attached hydrogens (tertiary/aromatic N) is 1. The first-order valence-electron chi connectivity index (χ1n) is 8.23. The third kappa shape index (κ3) is 6.18. The Hall–Kier alpha value is -3.02. The van der Waals surface area contributed by atoms with Crippen molar-refractivity contribution >= 4 is 17.6 Å². The van der Waals surface area contributed by atoms with Crippen molar-refractivity contribution in [1.82, 2.24) is 10.6 Å². The van der Waals surface area contributed by atoms with Crippen LogP contribution in [0.5, 0.6) is 0 Å². The Morgan fingerprint density at radius 1 is 1.00 bits per heavy atom. The highest BCUT2D eigenvalue weighted by molar-refractivity contribution is 5.94. The molecule has 6 nitrogen and oxygen atoms in total. The molecule has 0 radical (unpaired) electrons. The van der Waals surface area contributed by atoms with E-state index in [0.29, 0.717) is 18.7 Å². The molecule has 2 aromatic carbocycles. The number of nitrogens with one attached hydrogen (secondary N) is 2. The van der Waals surface area contributed by atoms with Gasteiger partial charge in [0.25, 0.3) is 5.91 Å². The highest BCUT2D eigenvalue weighted by Crippen LogP contribution is 2.10. The molecule has 0 unspecified atom stereocenters. The lowest BCUT2D eigenvalue weighted by Crippen LogP contribution is -2.29. The maximum Gasteiger partial charge on any atom is 0.312 e. The fourth-order valence-corrected chi connectivity index (χ4v) is 2.39. The number of para-hydroxylation sites is 1. The molecular weight excluding hydrogens is 316 g/mol. The molecule has 0 saturated heterocycles. The van der Waals surface area contributed by atoms with Crippen molar-refractivity contribution in [1.29, 1.82) is 0 Å². The van der Waals surface area contributed by atoms with Crippen LogP contribution in [-0.2, 0) is 6.54 Å². The standard InChI is InChI=1S/C19H24N4O2/c1-23(17-6-3-2-4-7-17)13-5-12-21-18(24)16-10-8-15(9-11-16)14-22-19(20)25/h2-4,6-11H,5,12-14H2,1H3,(H,21,24)(H3,20,22,25). The molecule has 0 aromatic heterocycles. The van der Waals surface area contributed by atoms with Gasteiger partial charge in [-0.25, -0.2) is 4.79 Å². The molecule has 25 heavy (non-hydrogen) atoms. The number of carbonyl (C=O) groups excluding carboxylic acids is 2. The molecule has 4 N–H and O–H groups in total. The zero-order valence-electron chi connectivity index (χ0n) is 14.4. The quantitative estimate of drug-likeness (QED) is 0.643. The molecule has 0 heterocycles. The van der Waals surface area contributed by atoms with E-state index in [1.54, 1.807) is 24.3 Å². The van der Waals surface area contributed by atoms with Crippen LogP contribution >= 0.6 is 0 Å². The first-order chi connectivity index (χ1) is 12.1. The van der Waals surface area contributed by atoms with Gasteiger partial charge in [-0.3, -0.25) is 4.79 Å². The molecule has 0 fully saturated rings. The minimum Gasteiger partial charge on any atom is -0.375 e. The molecule has 0 aliphatic rings. The highest BCUT2D eigenvalue weighted by Gasteiger charge is 2.06. The van der Waals surface area contributed by atoms with Gasteiger partial charge in [0.15, 0.2) is 0 Å². The summed E-state index contributed by atoms with van der Waals surface area (Å²) in [6.07, 6.45) is 0.859. The first-order valence-corrected chi connectivity index (χ1v) is 8.23. The predicted octanol–water partition coefficient (Wildman–Crippen LogP) is 2.11. The van der Waals surface area contributed by atoms with E-state index in [-0.39, 0.29) is 5.91 Å². The molecule has 3 amide bonds. The molecule has 0 saturated carbocycles. The Bertz CT molecular complexity index is 686. The fourth-order valence-electron chi connectivity index (χ4n) is 2.39. The molecule has 0 aliphatic carbocycles. The summed E-state index contributed by atoms with van der Waals surface area (Å²) in [5.74, 6) is -0.100. The molecule has 0 atom stereocenters. The summed E-state index contributed by atoms with van der Waals surface area (Å²) < 4.78 is 0. The molecular formula is C19H24N4O2. The molecule has 6 heteroatoms. The zero-order valence-corrected chi connectivity index (χ0v) is 14.4. The van der Waals surface area contributed by atoms with Gasteiger partial charge in [-0.1, -0.05) is 30.3 Å². The summed E-state index contributed by atoms with van der Waals surface area (Å²) in [5, 5.41) is 5.43. The van der Waals surface area contributed by atoms with Crippen LogP contribution in [0.3, 0.4) is 0 Å². The molecule has 0 aliphatic heterocycles. The second-order valence-corrected chi connectivity index (χ2v) is 5.78. The van der Waals surface area contributed by atoms with Gasteiger partial charge in [-0.2, -0.15) is 0 Å². The molecule has 2 aromatic rings. The highest BCUT2D eigenvalue weighted by atomic mass is 16.2. The van der Waals surface area contributed by atoms with Crippen LogP contribution in [0.25, 0.3) is 0 Å². The van der Waals surface area contributed by atoms with Gasteiger partial charge in [-0.05, 0) is 36.2 Å². The third-order valence-electron chi connectivity index (χ3n) is 3.84. The van der Waals surface area contributed by atoms with Crippen LogP contribution in [0.1, 0.15) is 22.3 Å². The van der Waals surface area contributed by atoms with E-state index < -0.39 is 6.03 Å². The molecule has 0 bridgehead atoms. The normalized spacial score (nSPS) is 10.1. The van der Waals surface area contributed by atoms with Crippen molar-refractivity contribution in [2.75, 3.05) is 25.0 Å². The van der Waals surface area contributed by atoms with Crippen LogP contribution in [0.4, 0.5) is 10.5 Å². The first kappa shape index (κ1) is 18.3. The van der Waals surface area contributed by atoms with Crippen molar-refractivity contribution in [3.63, 3.8) is 0 Å². The Morgan fingerprint density at radius 3 is 2.32 bits per heavy atom. The fraction of sp³-hybridized carbons (Fsp3) is 0.263. The lowest BCUT2D eigenvalue weighted by Gasteiger charge is -2.19. The van der Waals surface area contributed by atoms with Gasteiger partial charge in [0.2, 0.25) is 0 Å². The van der Waals surface area contributed by atoms with E-state index in [0.717, 1.165) is 24.2 Å². The summed E-state index contributed by atoms with van der Waals surface area (Å²) in [6.45, 7) is 1.83. The van der Waals surface area contributed by atoms with Gasteiger partial charge in [-0.15, -0.1) is 0 Å². The average molecular weight is 340 g/mol. The number of primary amides is 1. The zero-order chi connectivity index (χ0) is 18.1. The van der Waals surface area contributed by atoms with Crippen molar-refractivity contribution in [3.05, 3.63) is 65.7 Å². The smallest absolute Gasteiger partial charge is 0.312 e. The second-order valence-electron chi connectivity index (χ2n) is 5.78.